The number of aryl methyl sites for hydroxylation is 1. The minimum atomic E-state index is -3.69. The highest BCUT2D eigenvalue weighted by atomic mass is 32.2. The fourth-order valence-corrected chi connectivity index (χ4v) is 4.81. The second-order valence-corrected chi connectivity index (χ2v) is 9.50. The molecule has 2 N–H and O–H groups in total. The first-order valence-corrected chi connectivity index (χ1v) is 9.94. The van der Waals surface area contributed by atoms with E-state index >= 15 is 0 Å². The standard InChI is InChI=1S/C17H24N4O4S/c1-11-7-12-9-18-20-15(12)14(8-11)26(23,24)21-6-5-13(10-21)19-16(22)25-17(2,3)4/h7-9,13H,5-6,10H2,1-4H3,(H,18,20)(H,19,22)/t13-/m1/s1. The number of hydrogen-bond donors (Lipinski definition) is 2. The van der Waals surface area contributed by atoms with Gasteiger partial charge in [-0.3, -0.25) is 5.10 Å². The molecule has 26 heavy (non-hydrogen) atoms. The molecule has 1 saturated heterocycles. The van der Waals surface area contributed by atoms with E-state index in [9.17, 15) is 13.2 Å². The van der Waals surface area contributed by atoms with Crippen molar-refractivity contribution in [2.45, 2.75) is 50.7 Å². The van der Waals surface area contributed by atoms with Crippen LogP contribution in [0.15, 0.2) is 23.2 Å². The van der Waals surface area contributed by atoms with Crippen LogP contribution in [0.5, 0.6) is 0 Å². The summed E-state index contributed by atoms with van der Waals surface area (Å²) in [6, 6.07) is 3.25. The maximum Gasteiger partial charge on any atom is 0.407 e. The predicted molar refractivity (Wildman–Crippen MR) is 97.4 cm³/mol. The molecule has 1 aliphatic heterocycles. The summed E-state index contributed by atoms with van der Waals surface area (Å²) in [5.74, 6) is 0. The number of rotatable bonds is 3. The van der Waals surface area contributed by atoms with Crippen LogP contribution in [-0.4, -0.2) is 53.7 Å². The third-order valence-corrected chi connectivity index (χ3v) is 6.04. The number of carbonyl (C=O) groups excluding carboxylic acids is 1. The first-order chi connectivity index (χ1) is 12.1. The number of fused-ring (bicyclic) bond motifs is 1. The molecule has 0 unspecified atom stereocenters. The van der Waals surface area contributed by atoms with Gasteiger partial charge in [-0.15, -0.1) is 0 Å². The van der Waals surface area contributed by atoms with Crippen LogP contribution < -0.4 is 5.32 Å². The van der Waals surface area contributed by atoms with Gasteiger partial charge in [-0.25, -0.2) is 13.2 Å². The lowest BCUT2D eigenvalue weighted by Gasteiger charge is -2.22. The number of H-pyrrole nitrogens is 1. The zero-order valence-electron chi connectivity index (χ0n) is 15.4. The van der Waals surface area contributed by atoms with Crippen molar-refractivity contribution in [2.75, 3.05) is 13.1 Å². The zero-order valence-corrected chi connectivity index (χ0v) is 16.2. The zero-order chi connectivity index (χ0) is 19.1. The largest absolute Gasteiger partial charge is 0.444 e. The molecule has 0 bridgehead atoms. The maximum absolute atomic E-state index is 13.1. The van der Waals surface area contributed by atoms with Crippen LogP contribution in [-0.2, 0) is 14.8 Å². The van der Waals surface area contributed by atoms with Gasteiger partial charge in [0.2, 0.25) is 10.0 Å². The second-order valence-electron chi connectivity index (χ2n) is 7.59. The van der Waals surface area contributed by atoms with E-state index in [1.165, 1.54) is 4.31 Å². The predicted octanol–water partition coefficient (Wildman–Crippen LogP) is 2.16. The van der Waals surface area contributed by atoms with Crippen molar-refractivity contribution < 1.29 is 17.9 Å². The molecule has 1 aromatic carbocycles. The number of nitrogens with zero attached hydrogens (tertiary/aromatic N) is 2. The third-order valence-electron chi connectivity index (χ3n) is 4.15. The van der Waals surface area contributed by atoms with Gasteiger partial charge in [0.05, 0.1) is 11.7 Å². The summed E-state index contributed by atoms with van der Waals surface area (Å²) in [6.45, 7) is 7.75. The molecule has 2 aromatic rings. The maximum atomic E-state index is 13.1. The van der Waals surface area contributed by atoms with Crippen molar-refractivity contribution in [2.24, 2.45) is 0 Å². The molecule has 0 spiro atoms. The average molecular weight is 380 g/mol. The van der Waals surface area contributed by atoms with Crippen LogP contribution in [0.1, 0.15) is 32.8 Å². The van der Waals surface area contributed by atoms with E-state index < -0.39 is 21.7 Å². The van der Waals surface area contributed by atoms with E-state index in [-0.39, 0.29) is 17.5 Å². The first-order valence-electron chi connectivity index (χ1n) is 8.50. The van der Waals surface area contributed by atoms with Gasteiger partial charge < -0.3 is 10.1 Å². The molecule has 2 heterocycles. The molecule has 1 amide bonds. The first kappa shape index (κ1) is 18.7. The summed E-state index contributed by atoms with van der Waals surface area (Å²) in [7, 11) is -3.69. The van der Waals surface area contributed by atoms with Gasteiger partial charge in [-0.05, 0) is 51.8 Å². The molecule has 9 heteroatoms. The van der Waals surface area contributed by atoms with Crippen molar-refractivity contribution in [3.05, 3.63) is 23.9 Å². The number of amides is 1. The van der Waals surface area contributed by atoms with Crippen LogP contribution in [0.3, 0.4) is 0 Å². The summed E-state index contributed by atoms with van der Waals surface area (Å²) < 4.78 is 32.8. The Labute approximate surface area is 152 Å². The van der Waals surface area contributed by atoms with Crippen molar-refractivity contribution in [1.82, 2.24) is 19.8 Å². The van der Waals surface area contributed by atoms with Gasteiger partial charge in [0, 0.05) is 24.5 Å². The van der Waals surface area contributed by atoms with Gasteiger partial charge in [0.25, 0.3) is 0 Å². The number of carbonyl (C=O) groups is 1. The van der Waals surface area contributed by atoms with Gasteiger partial charge in [-0.2, -0.15) is 9.40 Å². The topological polar surface area (TPSA) is 104 Å². The third kappa shape index (κ3) is 3.83. The van der Waals surface area contributed by atoms with E-state index in [4.69, 9.17) is 4.74 Å². The van der Waals surface area contributed by atoms with Gasteiger partial charge in [-0.1, -0.05) is 0 Å². The van der Waals surface area contributed by atoms with E-state index in [1.807, 2.05) is 13.0 Å². The van der Waals surface area contributed by atoms with E-state index in [2.05, 4.69) is 15.5 Å². The summed E-state index contributed by atoms with van der Waals surface area (Å²) in [5, 5.41) is 10.2. The molecule has 1 fully saturated rings. The molecule has 0 radical (unpaired) electrons. The molecule has 142 valence electrons. The Morgan fingerprint density at radius 1 is 1.38 bits per heavy atom. The SMILES string of the molecule is Cc1cc(S(=O)(=O)N2CC[C@@H](NC(=O)OC(C)(C)C)C2)c2[nH]ncc2c1. The number of ether oxygens (including phenoxy) is 1. The second kappa shape index (κ2) is 6.55. The Morgan fingerprint density at radius 2 is 2.12 bits per heavy atom. The van der Waals surface area contributed by atoms with Gasteiger partial charge in [0.1, 0.15) is 10.5 Å². The summed E-state index contributed by atoms with van der Waals surface area (Å²) in [6.07, 6.45) is 1.61. The van der Waals surface area contributed by atoms with Crippen LogP contribution in [0.2, 0.25) is 0 Å². The highest BCUT2D eigenvalue weighted by Crippen LogP contribution is 2.28. The van der Waals surface area contributed by atoms with E-state index in [0.29, 0.717) is 18.5 Å². The normalized spacial score (nSPS) is 19.0. The molecular formula is C17H24N4O4S. The lowest BCUT2D eigenvalue weighted by atomic mass is 10.2. The fourth-order valence-electron chi connectivity index (χ4n) is 3.05. The smallest absolute Gasteiger partial charge is 0.407 e. The highest BCUT2D eigenvalue weighted by molar-refractivity contribution is 7.89. The Kier molecular flexibility index (Phi) is 4.70. The van der Waals surface area contributed by atoms with Crippen molar-refractivity contribution in [3.8, 4) is 0 Å². The quantitative estimate of drug-likeness (QED) is 0.849. The number of hydrogen-bond acceptors (Lipinski definition) is 5. The Hall–Kier alpha value is -2.13. The number of aromatic nitrogens is 2. The van der Waals surface area contributed by atoms with Crippen LogP contribution in [0.4, 0.5) is 4.79 Å². The molecule has 0 aliphatic carbocycles. The summed E-state index contributed by atoms with van der Waals surface area (Å²) in [5.41, 5.74) is 0.752. The Bertz CT molecular complexity index is 930. The van der Waals surface area contributed by atoms with Crippen molar-refractivity contribution in [1.29, 1.82) is 0 Å². The number of sulfonamides is 1. The molecule has 8 nitrogen and oxygen atoms in total. The molecule has 3 rings (SSSR count). The fraction of sp³-hybridized carbons (Fsp3) is 0.529. The van der Waals surface area contributed by atoms with Gasteiger partial charge >= 0.3 is 6.09 Å². The summed E-state index contributed by atoms with van der Waals surface area (Å²) >= 11 is 0. The monoisotopic (exact) mass is 380 g/mol. The minimum Gasteiger partial charge on any atom is -0.444 e. The van der Waals surface area contributed by atoms with E-state index in [0.717, 1.165) is 10.9 Å². The molecule has 1 atom stereocenters. The molecular weight excluding hydrogens is 356 g/mol. The minimum absolute atomic E-state index is 0.211. The molecule has 1 aliphatic rings. The lowest BCUT2D eigenvalue weighted by molar-refractivity contribution is 0.0507. The lowest BCUT2D eigenvalue weighted by Crippen LogP contribution is -2.41. The Morgan fingerprint density at radius 3 is 2.81 bits per heavy atom. The van der Waals surface area contributed by atoms with Gasteiger partial charge in [0.15, 0.2) is 0 Å². The Balaban J connectivity index is 1.77. The number of alkyl carbamates (subject to hydrolysis) is 1. The van der Waals surface area contributed by atoms with Crippen molar-refractivity contribution >= 4 is 27.0 Å². The number of aromatic amines is 1. The van der Waals surface area contributed by atoms with E-state index in [1.54, 1.807) is 33.0 Å². The van der Waals surface area contributed by atoms with Crippen molar-refractivity contribution in [3.63, 3.8) is 0 Å². The van der Waals surface area contributed by atoms with Crippen LogP contribution in [0.25, 0.3) is 10.9 Å². The van der Waals surface area contributed by atoms with Crippen LogP contribution >= 0.6 is 0 Å². The molecule has 0 saturated carbocycles. The average Bonchev–Trinajstić information content (AvgIpc) is 3.13. The summed E-state index contributed by atoms with van der Waals surface area (Å²) in [4.78, 5) is 12.1. The number of benzene rings is 1. The highest BCUT2D eigenvalue weighted by Gasteiger charge is 2.35. The molecule has 1 aromatic heterocycles. The number of nitrogens with one attached hydrogen (secondary N) is 2. The van der Waals surface area contributed by atoms with Crippen LogP contribution in [0, 0.1) is 6.92 Å².